The number of aromatic carboxylic acids is 1. The van der Waals surface area contributed by atoms with E-state index in [1.165, 1.54) is 77.7 Å². The van der Waals surface area contributed by atoms with Crippen LogP contribution in [-0.4, -0.2) is 173 Å². The zero-order chi connectivity index (χ0) is 71.5. The fraction of sp³-hybridized carbons (Fsp3) is 0.277. The lowest BCUT2D eigenvalue weighted by atomic mass is 10.1. The Bertz CT molecular complexity index is 4640. The van der Waals surface area contributed by atoms with Crippen molar-refractivity contribution < 1.29 is 69.2 Å². The fourth-order valence-electron chi connectivity index (χ4n) is 10.7. The molecule has 1 atom stereocenters. The van der Waals surface area contributed by atoms with Gasteiger partial charge in [-0.3, -0.25) is 43.3 Å². The first-order valence-electron chi connectivity index (χ1n) is 30.9. The van der Waals surface area contributed by atoms with Gasteiger partial charge in [-0.1, -0.05) is 6.07 Å². The number of carboxylic acids is 1. The van der Waals surface area contributed by atoms with Crippen molar-refractivity contribution in [3.8, 4) is 0 Å². The number of aryl methyl sites for hydroxylation is 8. The average Bonchev–Trinajstić information content (AvgIpc) is 1.71. The molecule has 1 aromatic carbocycles. The zero-order valence-electron chi connectivity index (χ0n) is 55.8. The van der Waals surface area contributed by atoms with E-state index in [-0.39, 0.29) is 82.0 Å². The topological polar surface area (TPSA) is 433 Å². The molecule has 0 saturated heterocycles. The molecule has 0 spiro atoms. The minimum Gasteiger partial charge on any atom is -0.496 e. The molecule has 34 heteroatoms. The zero-order valence-corrected chi connectivity index (χ0v) is 55.8. The van der Waals surface area contributed by atoms with Gasteiger partial charge in [-0.25, -0.2) is 19.3 Å². The van der Waals surface area contributed by atoms with Crippen LogP contribution in [-0.2, 0) is 56.4 Å². The lowest BCUT2D eigenvalue weighted by Crippen LogP contribution is -2.65. The van der Waals surface area contributed by atoms with Crippen LogP contribution < -0.4 is 53.3 Å². The number of rotatable bonds is 29. The Morgan fingerprint density at radius 1 is 0.515 bits per heavy atom. The van der Waals surface area contributed by atoms with Crippen LogP contribution >= 0.6 is 0 Å². The highest BCUT2D eigenvalue weighted by molar-refractivity contribution is 6.10. The summed E-state index contributed by atoms with van der Waals surface area (Å²) in [6.07, 6.45) is 15.4. The van der Waals surface area contributed by atoms with Crippen molar-refractivity contribution >= 4 is 105 Å². The smallest absolute Gasteiger partial charge is 0.345 e. The Morgan fingerprint density at radius 2 is 0.929 bits per heavy atom. The third-order valence-corrected chi connectivity index (χ3v) is 15.7. The van der Waals surface area contributed by atoms with E-state index in [9.17, 15) is 58.5 Å². The standard InChI is InChI=1S/C65H76N22O12/c1-79(18-11-15-68-56(89)37-13-10-14-38(21-37)65(98)99)19-12-16-69-57(90)46-23-40(30-81(46)3)71-59(92)48-25-43(33-83(48)5)74-62(95)51-28-45(35-86(51)8)76-64(97)55-78-52(36-87(55)9)77-53(88)22-39(66)29-70-58(91)47-24-41(31-82(47)4)72-60(93)49-26-42(32-84(49)6)73-61(94)50-27-44(34-85(50)7)75-63(96)54-67-17-20-80(54)2/h10,13-14,17,20-21,23-28,30-36,39H,11-12,15-16,18-19,22,29,66H2,1-9H3,(H,68,89)(H,69,90)(H,70,91)(H,71,92)(H,72,93)(H,73,94)(H,74,95)(H,75,96)(H,76,97)(H,77,88)(H,98,99)/p+2. The normalized spacial score (nSPS) is 11.9. The predicted octanol–water partition coefficient (Wildman–Crippen LogP) is 3.28. The lowest BCUT2D eigenvalue weighted by molar-refractivity contribution is -0.414. The van der Waals surface area contributed by atoms with Gasteiger partial charge in [0.05, 0.1) is 65.9 Å². The predicted molar refractivity (Wildman–Crippen MR) is 365 cm³/mol. The van der Waals surface area contributed by atoms with Crippen LogP contribution in [0.3, 0.4) is 0 Å². The minimum atomic E-state index is -1.09. The third-order valence-electron chi connectivity index (χ3n) is 15.7. The number of amides is 8. The second-order valence-corrected chi connectivity index (χ2v) is 23.7. The van der Waals surface area contributed by atoms with Crippen molar-refractivity contribution in [2.24, 2.45) is 66.4 Å². The largest absolute Gasteiger partial charge is 0.496 e. The maximum atomic E-state index is 13.6. The molecule has 99 heavy (non-hydrogen) atoms. The summed E-state index contributed by atoms with van der Waals surface area (Å²) in [6.45, 7) is 2.09. The summed E-state index contributed by atoms with van der Waals surface area (Å²) >= 11 is 0. The minimum absolute atomic E-state index is 0.00837. The Kier molecular flexibility index (Phi) is 22.1. The van der Waals surface area contributed by atoms with Crippen molar-refractivity contribution in [3.05, 3.63) is 173 Å². The van der Waals surface area contributed by atoms with Gasteiger partial charge in [0, 0.05) is 105 Å². The quantitative estimate of drug-likeness (QED) is 0.0182. The number of benzene rings is 1. The molecule has 0 aliphatic heterocycles. The summed E-state index contributed by atoms with van der Waals surface area (Å²) < 4.78 is 12.3. The van der Waals surface area contributed by atoms with E-state index < -0.39 is 53.4 Å². The molecule has 34 nitrogen and oxygen atoms in total. The first kappa shape index (κ1) is 70.7. The number of quaternary nitrogens is 1. The average molecular weight is 1360 g/mol. The Morgan fingerprint density at radius 3 is 1.37 bits per heavy atom. The molecule has 0 radical (unpaired) electrons. The number of aliphatic hydroxyl groups is 2. The van der Waals surface area contributed by atoms with Crippen molar-refractivity contribution in [3.63, 3.8) is 0 Å². The third kappa shape index (κ3) is 17.9. The summed E-state index contributed by atoms with van der Waals surface area (Å²) in [5, 5.41) is 52.6. The molecule has 1 unspecified atom stereocenters. The number of anilines is 6. The molecular formula is C65H78N22O12+2. The Hall–Kier alpha value is -12.6. The molecule has 8 heterocycles. The van der Waals surface area contributed by atoms with Crippen LogP contribution in [0, 0.1) is 0 Å². The number of aliphatic imine (C=N–C) groups is 2. The monoisotopic (exact) mass is 1360 g/mol. The number of carbonyl (C=O) groups excluding carboxylic acids is 8. The molecule has 0 saturated carbocycles. The second-order valence-electron chi connectivity index (χ2n) is 23.7. The van der Waals surface area contributed by atoms with Crippen LogP contribution in [0.1, 0.15) is 119 Å². The number of nitrogens with one attached hydrogen (secondary N) is 9. The molecule has 0 fully saturated rings. The number of aromatic amines is 1. The highest BCUT2D eigenvalue weighted by atomic mass is 16.4. The molecule has 0 bridgehead atoms. The van der Waals surface area contributed by atoms with Crippen molar-refractivity contribution in [1.29, 1.82) is 0 Å². The first-order valence-corrected chi connectivity index (χ1v) is 30.9. The van der Waals surface area contributed by atoms with Crippen LogP contribution in [0.2, 0.25) is 0 Å². The summed E-state index contributed by atoms with van der Waals surface area (Å²) in [6, 6.07) is 14.4. The van der Waals surface area contributed by atoms with Crippen LogP contribution in [0.4, 0.5) is 39.9 Å². The first-order chi connectivity index (χ1) is 47.1. The van der Waals surface area contributed by atoms with Gasteiger partial charge in [-0.2, -0.15) is 4.99 Å². The van der Waals surface area contributed by atoms with Crippen LogP contribution in [0.5, 0.6) is 0 Å². The summed E-state index contributed by atoms with van der Waals surface area (Å²) in [4.78, 5) is 135. The van der Waals surface area contributed by atoms with Gasteiger partial charge in [0.25, 0.3) is 41.4 Å². The molecule has 9 aromatic rings. The van der Waals surface area contributed by atoms with Crippen LogP contribution in [0.25, 0.3) is 0 Å². The van der Waals surface area contributed by atoms with Gasteiger partial charge in [-0.05, 0) is 87.6 Å². The number of carboxylic acid groups (broad SMARTS) is 1. The number of hydrogen-bond acceptors (Lipinski definition) is 13. The molecule has 9 rings (SSSR count). The number of aromatic nitrogens is 10. The summed E-state index contributed by atoms with van der Waals surface area (Å²) in [7, 11) is 15.1. The molecule has 518 valence electrons. The SMILES string of the molecule is CN(CCCN=C(O)c1cccc(C(=O)O)c1)CCCNC(=O)c1cc(NC(=O)c2cc(NC(=O)c3cc(NC(=O)c4nc(N=C(O)CC([NH3+])CNC(=O)c5cc(NC(=O)c6cc(NC(=O)c7cc(NC(=O)c8[nH+]ccn8C)cn7C)cn6C)cn5C)cn4C)cn3C)cn2C)cn1C. The van der Waals surface area contributed by atoms with Crippen molar-refractivity contribution in [2.75, 3.05) is 71.7 Å². The van der Waals surface area contributed by atoms with E-state index in [0.717, 1.165) is 0 Å². The molecule has 0 aliphatic carbocycles. The highest BCUT2D eigenvalue weighted by Gasteiger charge is 2.25. The van der Waals surface area contributed by atoms with Crippen LogP contribution in [0.15, 0.2) is 126 Å². The maximum Gasteiger partial charge on any atom is 0.345 e. The molecule has 8 amide bonds. The Labute approximate surface area is 565 Å². The van der Waals surface area contributed by atoms with Gasteiger partial charge in [0.15, 0.2) is 11.7 Å². The number of aliphatic hydroxyl groups excluding tert-OH is 2. The fourth-order valence-corrected chi connectivity index (χ4v) is 10.7. The summed E-state index contributed by atoms with van der Waals surface area (Å²) in [5.74, 6) is -5.35. The lowest BCUT2D eigenvalue weighted by Gasteiger charge is -2.16. The van der Waals surface area contributed by atoms with Gasteiger partial charge in [0.1, 0.15) is 52.6 Å². The van der Waals surface area contributed by atoms with E-state index in [2.05, 4.69) is 73.1 Å². The number of carbonyl (C=O) groups is 9. The Balaban J connectivity index is 0.687. The van der Waals surface area contributed by atoms with Gasteiger partial charge in [0.2, 0.25) is 11.7 Å². The maximum absolute atomic E-state index is 13.6. The molecular weight excluding hydrogens is 1280 g/mol. The second kappa shape index (κ2) is 30.9. The van der Waals surface area contributed by atoms with E-state index >= 15 is 0 Å². The van der Waals surface area contributed by atoms with E-state index in [0.29, 0.717) is 84.5 Å². The van der Waals surface area contributed by atoms with E-state index in [1.54, 1.807) is 132 Å². The van der Waals surface area contributed by atoms with Crippen molar-refractivity contribution in [1.82, 2.24) is 57.1 Å². The number of H-pyrrole nitrogens is 1. The molecule has 8 aromatic heterocycles. The number of hydrogen-bond donors (Lipinski definition) is 12. The van der Waals surface area contributed by atoms with Crippen molar-refractivity contribution in [2.45, 2.75) is 25.3 Å². The van der Waals surface area contributed by atoms with Gasteiger partial charge < -0.3 is 100 Å². The van der Waals surface area contributed by atoms with Gasteiger partial charge in [-0.15, -0.1) is 0 Å². The van der Waals surface area contributed by atoms with E-state index in [4.69, 9.17) is 0 Å². The number of imidazole rings is 2. The molecule has 15 N–H and O–H groups in total. The highest BCUT2D eigenvalue weighted by Crippen LogP contribution is 2.24. The van der Waals surface area contributed by atoms with Gasteiger partial charge >= 0.3 is 17.7 Å². The number of nitrogens with zero attached hydrogens (tertiary/aromatic N) is 12. The molecule has 0 aliphatic rings. The summed E-state index contributed by atoms with van der Waals surface area (Å²) in [5.41, 5.74) is 7.74. The van der Waals surface area contributed by atoms with E-state index in [1.807, 2.05) is 7.05 Å².